The molecule has 4 heteroatoms. The van der Waals surface area contributed by atoms with Crippen molar-refractivity contribution in [2.45, 2.75) is 6.42 Å². The van der Waals surface area contributed by atoms with Gasteiger partial charge in [-0.1, -0.05) is 0 Å². The van der Waals surface area contributed by atoms with Crippen molar-refractivity contribution in [1.29, 1.82) is 5.26 Å². The lowest BCUT2D eigenvalue weighted by atomic mass is 10.3. The Hall–Kier alpha value is -1.34. The first-order valence-electron chi connectivity index (χ1n) is 3.89. The summed E-state index contributed by atoms with van der Waals surface area (Å²) in [6.45, 7) is 1.24. The molecule has 0 atom stereocenters. The standard InChI is InChI=1S/C8H12N4/c1-12-8(3-6-11-12)2-5-10-7-4-9/h3,6,10H,2,5,7H2,1H3. The molecular weight excluding hydrogens is 152 g/mol. The minimum Gasteiger partial charge on any atom is -0.304 e. The average Bonchev–Trinajstić information content (AvgIpc) is 2.46. The summed E-state index contributed by atoms with van der Waals surface area (Å²) in [4.78, 5) is 0. The number of aromatic nitrogens is 2. The van der Waals surface area contributed by atoms with E-state index in [1.165, 1.54) is 5.69 Å². The van der Waals surface area contributed by atoms with Gasteiger partial charge in [-0.2, -0.15) is 10.4 Å². The molecule has 64 valence electrons. The predicted molar refractivity (Wildman–Crippen MR) is 45.4 cm³/mol. The van der Waals surface area contributed by atoms with E-state index in [0.29, 0.717) is 6.54 Å². The van der Waals surface area contributed by atoms with Gasteiger partial charge in [-0.15, -0.1) is 0 Å². The van der Waals surface area contributed by atoms with Crippen LogP contribution < -0.4 is 5.32 Å². The number of hydrogen-bond donors (Lipinski definition) is 1. The van der Waals surface area contributed by atoms with Gasteiger partial charge < -0.3 is 5.32 Å². The fourth-order valence-electron chi connectivity index (χ4n) is 1.01. The molecule has 1 aromatic heterocycles. The molecule has 0 unspecified atom stereocenters. The van der Waals surface area contributed by atoms with Crippen molar-refractivity contribution in [2.24, 2.45) is 7.05 Å². The quantitative estimate of drug-likeness (QED) is 0.506. The van der Waals surface area contributed by atoms with Gasteiger partial charge in [0, 0.05) is 31.9 Å². The Morgan fingerprint density at radius 3 is 3.17 bits per heavy atom. The molecule has 0 aliphatic carbocycles. The van der Waals surface area contributed by atoms with Crippen LogP contribution in [-0.4, -0.2) is 22.9 Å². The molecule has 0 aliphatic heterocycles. The third kappa shape index (κ3) is 2.36. The van der Waals surface area contributed by atoms with Crippen molar-refractivity contribution in [3.05, 3.63) is 18.0 Å². The Labute approximate surface area is 71.8 Å². The van der Waals surface area contributed by atoms with Gasteiger partial charge in [0.1, 0.15) is 0 Å². The lowest BCUT2D eigenvalue weighted by molar-refractivity contribution is 0.670. The van der Waals surface area contributed by atoms with E-state index in [0.717, 1.165) is 13.0 Å². The normalized spacial score (nSPS) is 9.67. The Balaban J connectivity index is 2.25. The summed E-state index contributed by atoms with van der Waals surface area (Å²) in [5, 5.41) is 15.3. The molecule has 1 aromatic rings. The van der Waals surface area contributed by atoms with E-state index >= 15 is 0 Å². The van der Waals surface area contributed by atoms with Crippen LogP contribution in [0.4, 0.5) is 0 Å². The second-order valence-corrected chi connectivity index (χ2v) is 2.53. The van der Waals surface area contributed by atoms with Gasteiger partial charge in [0.2, 0.25) is 0 Å². The molecule has 1 heterocycles. The number of hydrogen-bond acceptors (Lipinski definition) is 3. The molecule has 0 saturated heterocycles. The monoisotopic (exact) mass is 164 g/mol. The van der Waals surface area contributed by atoms with Gasteiger partial charge in [0.25, 0.3) is 0 Å². The van der Waals surface area contributed by atoms with Crippen LogP contribution in [0.25, 0.3) is 0 Å². The molecule has 0 fully saturated rings. The molecule has 0 saturated carbocycles. The van der Waals surface area contributed by atoms with E-state index in [-0.39, 0.29) is 0 Å². The maximum absolute atomic E-state index is 8.25. The Morgan fingerprint density at radius 2 is 2.58 bits per heavy atom. The van der Waals surface area contributed by atoms with E-state index in [9.17, 15) is 0 Å². The smallest absolute Gasteiger partial charge is 0.0841 e. The first-order valence-corrected chi connectivity index (χ1v) is 3.89. The third-order valence-corrected chi connectivity index (χ3v) is 1.68. The van der Waals surface area contributed by atoms with Crippen molar-refractivity contribution in [1.82, 2.24) is 15.1 Å². The Morgan fingerprint density at radius 1 is 1.75 bits per heavy atom. The molecule has 1 rings (SSSR count). The van der Waals surface area contributed by atoms with Crippen molar-refractivity contribution in [3.63, 3.8) is 0 Å². The first-order chi connectivity index (χ1) is 5.84. The summed E-state index contributed by atoms with van der Waals surface area (Å²) in [7, 11) is 1.92. The van der Waals surface area contributed by atoms with Crippen LogP contribution >= 0.6 is 0 Å². The Bertz CT molecular complexity index is 271. The zero-order valence-corrected chi connectivity index (χ0v) is 7.12. The van der Waals surface area contributed by atoms with E-state index in [2.05, 4.69) is 10.4 Å². The van der Waals surface area contributed by atoms with Gasteiger partial charge in [-0.05, 0) is 6.07 Å². The highest BCUT2D eigenvalue weighted by atomic mass is 15.3. The molecule has 4 nitrogen and oxygen atoms in total. The fraction of sp³-hybridized carbons (Fsp3) is 0.500. The van der Waals surface area contributed by atoms with Gasteiger partial charge in [-0.3, -0.25) is 4.68 Å². The zero-order valence-electron chi connectivity index (χ0n) is 7.12. The summed E-state index contributed by atoms with van der Waals surface area (Å²) in [6.07, 6.45) is 2.69. The number of nitriles is 1. The maximum atomic E-state index is 8.25. The number of nitrogens with one attached hydrogen (secondary N) is 1. The van der Waals surface area contributed by atoms with Crippen molar-refractivity contribution in [2.75, 3.05) is 13.1 Å². The van der Waals surface area contributed by atoms with Crippen LogP contribution in [0.3, 0.4) is 0 Å². The fourth-order valence-corrected chi connectivity index (χ4v) is 1.01. The van der Waals surface area contributed by atoms with Crippen LogP contribution in [0.2, 0.25) is 0 Å². The highest BCUT2D eigenvalue weighted by molar-refractivity contribution is 5.00. The molecule has 1 N–H and O–H groups in total. The molecule has 0 spiro atoms. The third-order valence-electron chi connectivity index (χ3n) is 1.68. The van der Waals surface area contributed by atoms with Crippen molar-refractivity contribution < 1.29 is 0 Å². The van der Waals surface area contributed by atoms with Crippen LogP contribution in [0.15, 0.2) is 12.3 Å². The summed E-state index contributed by atoms with van der Waals surface area (Å²) in [5.41, 5.74) is 1.18. The summed E-state index contributed by atoms with van der Waals surface area (Å²) in [6, 6.07) is 4.01. The zero-order chi connectivity index (χ0) is 8.81. The molecule has 0 bridgehead atoms. The molecule has 0 aromatic carbocycles. The van der Waals surface area contributed by atoms with E-state index in [1.807, 2.05) is 23.9 Å². The van der Waals surface area contributed by atoms with Gasteiger partial charge >= 0.3 is 0 Å². The summed E-state index contributed by atoms with van der Waals surface area (Å²) < 4.78 is 1.84. The maximum Gasteiger partial charge on any atom is 0.0841 e. The van der Waals surface area contributed by atoms with Gasteiger partial charge in [0.15, 0.2) is 0 Å². The lowest BCUT2D eigenvalue weighted by Gasteiger charge is -2.00. The van der Waals surface area contributed by atoms with Crippen LogP contribution in [-0.2, 0) is 13.5 Å². The van der Waals surface area contributed by atoms with E-state index in [1.54, 1.807) is 6.20 Å². The molecule has 0 radical (unpaired) electrons. The van der Waals surface area contributed by atoms with Crippen LogP contribution in [0.5, 0.6) is 0 Å². The topological polar surface area (TPSA) is 53.6 Å². The second kappa shape index (κ2) is 4.52. The minimum atomic E-state index is 0.415. The predicted octanol–water partition coefficient (Wildman–Crippen LogP) is 0.0758. The number of aryl methyl sites for hydroxylation is 1. The largest absolute Gasteiger partial charge is 0.304 e. The summed E-state index contributed by atoms with van der Waals surface area (Å²) in [5.74, 6) is 0. The minimum absolute atomic E-state index is 0.415. The van der Waals surface area contributed by atoms with Crippen molar-refractivity contribution in [3.8, 4) is 6.07 Å². The molecule has 0 aliphatic rings. The van der Waals surface area contributed by atoms with E-state index in [4.69, 9.17) is 5.26 Å². The van der Waals surface area contributed by atoms with Crippen LogP contribution in [0.1, 0.15) is 5.69 Å². The SMILES string of the molecule is Cn1nccc1CCNCC#N. The summed E-state index contributed by atoms with van der Waals surface area (Å²) >= 11 is 0. The second-order valence-electron chi connectivity index (χ2n) is 2.53. The van der Waals surface area contributed by atoms with Gasteiger partial charge in [-0.25, -0.2) is 0 Å². The average molecular weight is 164 g/mol. The molecule has 12 heavy (non-hydrogen) atoms. The number of rotatable bonds is 4. The van der Waals surface area contributed by atoms with Crippen LogP contribution in [0, 0.1) is 11.3 Å². The first kappa shape index (κ1) is 8.75. The molecule has 0 amide bonds. The van der Waals surface area contributed by atoms with E-state index < -0.39 is 0 Å². The number of nitrogens with zero attached hydrogens (tertiary/aromatic N) is 3. The molecular formula is C8H12N4. The van der Waals surface area contributed by atoms with Gasteiger partial charge in [0.05, 0.1) is 12.6 Å². The highest BCUT2D eigenvalue weighted by Crippen LogP contribution is 1.95. The Kier molecular flexibility index (Phi) is 3.30. The lowest BCUT2D eigenvalue weighted by Crippen LogP contribution is -2.18. The highest BCUT2D eigenvalue weighted by Gasteiger charge is 1.96. The van der Waals surface area contributed by atoms with Crippen molar-refractivity contribution >= 4 is 0 Å².